The van der Waals surface area contributed by atoms with E-state index in [-0.39, 0.29) is 0 Å². The Morgan fingerprint density at radius 1 is 1.12 bits per heavy atom. The second kappa shape index (κ2) is 5.38. The van der Waals surface area contributed by atoms with Crippen molar-refractivity contribution in [3.8, 4) is 0 Å². The lowest BCUT2D eigenvalue weighted by molar-refractivity contribution is 0.414. The van der Waals surface area contributed by atoms with E-state index in [9.17, 15) is 0 Å². The number of nitrogens with zero attached hydrogens (tertiary/aromatic N) is 1. The summed E-state index contributed by atoms with van der Waals surface area (Å²) in [7, 11) is 4.25. The molecule has 16 heavy (non-hydrogen) atoms. The third-order valence-electron chi connectivity index (χ3n) is 3.62. The summed E-state index contributed by atoms with van der Waals surface area (Å²) < 4.78 is 0. The van der Waals surface area contributed by atoms with Gasteiger partial charge in [-0.1, -0.05) is 45.4 Å². The van der Waals surface area contributed by atoms with Crippen LogP contribution in [0.3, 0.4) is 0 Å². The quantitative estimate of drug-likeness (QED) is 0.716. The van der Waals surface area contributed by atoms with Crippen molar-refractivity contribution in [3.63, 3.8) is 0 Å². The summed E-state index contributed by atoms with van der Waals surface area (Å²) in [6, 6.07) is 8.79. The van der Waals surface area contributed by atoms with E-state index in [1.807, 2.05) is 0 Å². The zero-order chi connectivity index (χ0) is 12.2. The van der Waals surface area contributed by atoms with Gasteiger partial charge >= 0.3 is 0 Å². The molecular weight excluding hydrogens is 194 g/mol. The van der Waals surface area contributed by atoms with Gasteiger partial charge in [0.2, 0.25) is 0 Å². The highest BCUT2D eigenvalue weighted by atomic mass is 15.1. The van der Waals surface area contributed by atoms with Gasteiger partial charge in [-0.25, -0.2) is 0 Å². The molecule has 0 saturated heterocycles. The molecule has 0 saturated carbocycles. The Morgan fingerprint density at radius 3 is 2.25 bits per heavy atom. The predicted molar refractivity (Wildman–Crippen MR) is 73.3 cm³/mol. The van der Waals surface area contributed by atoms with Crippen molar-refractivity contribution in [2.24, 2.45) is 0 Å². The summed E-state index contributed by atoms with van der Waals surface area (Å²) in [6.45, 7) is 6.95. The van der Waals surface area contributed by atoms with Crippen molar-refractivity contribution in [2.75, 3.05) is 19.0 Å². The minimum Gasteiger partial charge on any atom is -0.377 e. The van der Waals surface area contributed by atoms with E-state index >= 15 is 0 Å². The minimum atomic E-state index is 0.315. The van der Waals surface area contributed by atoms with Crippen LogP contribution in [0.15, 0.2) is 24.3 Å². The van der Waals surface area contributed by atoms with Gasteiger partial charge in [0.1, 0.15) is 0 Å². The topological polar surface area (TPSA) is 3.24 Å². The van der Waals surface area contributed by atoms with E-state index in [4.69, 9.17) is 0 Å². The Kier molecular flexibility index (Phi) is 4.40. The molecule has 1 aromatic rings. The Bertz CT molecular complexity index is 330. The number of hydrogen-bond acceptors (Lipinski definition) is 1. The van der Waals surface area contributed by atoms with Crippen molar-refractivity contribution < 1.29 is 0 Å². The summed E-state index contributed by atoms with van der Waals surface area (Å²) in [4.78, 5) is 2.22. The normalized spacial score (nSPS) is 14.6. The van der Waals surface area contributed by atoms with Crippen molar-refractivity contribution in [2.45, 2.75) is 45.4 Å². The zero-order valence-corrected chi connectivity index (χ0v) is 11.4. The molecule has 1 atom stereocenters. The molecule has 0 aliphatic heterocycles. The maximum Gasteiger partial charge on any atom is 0.0399 e. The van der Waals surface area contributed by atoms with Crippen LogP contribution in [-0.4, -0.2) is 14.1 Å². The number of benzene rings is 1. The van der Waals surface area contributed by atoms with Gasteiger partial charge in [0, 0.05) is 19.8 Å². The molecule has 1 aromatic carbocycles. The van der Waals surface area contributed by atoms with Crippen molar-refractivity contribution in [3.05, 3.63) is 29.8 Å². The smallest absolute Gasteiger partial charge is 0.0399 e. The van der Waals surface area contributed by atoms with E-state index < -0.39 is 0 Å². The van der Waals surface area contributed by atoms with Gasteiger partial charge in [0.05, 0.1) is 0 Å². The molecule has 0 heterocycles. The molecule has 0 amide bonds. The lowest BCUT2D eigenvalue weighted by Crippen LogP contribution is -2.24. The molecule has 1 heteroatoms. The molecule has 1 nitrogen and oxygen atoms in total. The average molecular weight is 219 g/mol. The molecule has 0 fully saturated rings. The Balaban J connectivity index is 3.18. The Morgan fingerprint density at radius 2 is 1.75 bits per heavy atom. The first-order valence-electron chi connectivity index (χ1n) is 6.32. The predicted octanol–water partition coefficient (Wildman–Crippen LogP) is 4.22. The van der Waals surface area contributed by atoms with Crippen LogP contribution in [-0.2, 0) is 5.41 Å². The number of anilines is 1. The van der Waals surface area contributed by atoms with E-state index in [0.29, 0.717) is 5.41 Å². The number of para-hydroxylation sites is 1. The summed E-state index contributed by atoms with van der Waals surface area (Å²) in [5, 5.41) is 0. The molecule has 0 spiro atoms. The maximum absolute atomic E-state index is 2.39. The van der Waals surface area contributed by atoms with Gasteiger partial charge in [-0.15, -0.1) is 0 Å². The van der Waals surface area contributed by atoms with Gasteiger partial charge in [-0.2, -0.15) is 0 Å². The van der Waals surface area contributed by atoms with Crippen molar-refractivity contribution in [1.29, 1.82) is 0 Å². The molecule has 1 rings (SSSR count). The van der Waals surface area contributed by atoms with E-state index in [1.54, 1.807) is 0 Å². The highest BCUT2D eigenvalue weighted by Gasteiger charge is 2.26. The molecule has 0 aliphatic rings. The molecule has 0 bridgehead atoms. The first-order valence-corrected chi connectivity index (χ1v) is 6.32. The first-order chi connectivity index (χ1) is 7.55. The van der Waals surface area contributed by atoms with Crippen LogP contribution in [0.5, 0.6) is 0 Å². The molecule has 1 unspecified atom stereocenters. The third kappa shape index (κ3) is 2.58. The standard InChI is InChI=1S/C15H25N/c1-6-12-15(3,7-2)13-10-8-9-11-14(13)16(4)5/h8-11H,6-7,12H2,1-5H3. The molecule has 0 N–H and O–H groups in total. The largest absolute Gasteiger partial charge is 0.377 e. The summed E-state index contributed by atoms with van der Waals surface area (Å²) in [5.41, 5.74) is 3.17. The van der Waals surface area contributed by atoms with Crippen molar-refractivity contribution in [1.82, 2.24) is 0 Å². The lowest BCUT2D eigenvalue weighted by atomic mass is 9.75. The monoisotopic (exact) mass is 219 g/mol. The molecule has 0 aromatic heterocycles. The van der Waals surface area contributed by atoms with Crippen LogP contribution in [0, 0.1) is 0 Å². The fraction of sp³-hybridized carbons (Fsp3) is 0.600. The number of hydrogen-bond donors (Lipinski definition) is 0. The molecular formula is C15H25N. The van der Waals surface area contributed by atoms with Gasteiger partial charge in [-0.3, -0.25) is 0 Å². The maximum atomic E-state index is 2.39. The highest BCUT2D eigenvalue weighted by molar-refractivity contribution is 5.55. The molecule has 90 valence electrons. The second-order valence-corrected chi connectivity index (χ2v) is 5.08. The SMILES string of the molecule is CCCC(C)(CC)c1ccccc1N(C)C. The average Bonchev–Trinajstić information content (AvgIpc) is 2.29. The van der Waals surface area contributed by atoms with Crippen LogP contribution >= 0.6 is 0 Å². The fourth-order valence-electron chi connectivity index (χ4n) is 2.43. The van der Waals surface area contributed by atoms with Crippen LogP contribution in [0.4, 0.5) is 5.69 Å². The Hall–Kier alpha value is -0.980. The van der Waals surface area contributed by atoms with Crippen LogP contribution in [0.25, 0.3) is 0 Å². The number of rotatable bonds is 5. The first kappa shape index (κ1) is 13.1. The fourth-order valence-corrected chi connectivity index (χ4v) is 2.43. The lowest BCUT2D eigenvalue weighted by Gasteiger charge is -2.32. The van der Waals surface area contributed by atoms with Crippen LogP contribution in [0.1, 0.15) is 45.6 Å². The summed E-state index contributed by atoms with van der Waals surface area (Å²) in [6.07, 6.45) is 3.70. The minimum absolute atomic E-state index is 0.315. The van der Waals surface area contributed by atoms with Gasteiger partial charge < -0.3 is 4.90 Å². The summed E-state index contributed by atoms with van der Waals surface area (Å²) >= 11 is 0. The summed E-state index contributed by atoms with van der Waals surface area (Å²) in [5.74, 6) is 0. The Labute approximate surface area is 100 Å². The van der Waals surface area contributed by atoms with E-state index in [0.717, 1.165) is 0 Å². The van der Waals surface area contributed by atoms with E-state index in [2.05, 4.69) is 64.0 Å². The molecule has 0 aliphatic carbocycles. The van der Waals surface area contributed by atoms with Crippen molar-refractivity contribution >= 4 is 5.69 Å². The van der Waals surface area contributed by atoms with Crippen LogP contribution in [0.2, 0.25) is 0 Å². The van der Waals surface area contributed by atoms with Gasteiger partial charge in [0.15, 0.2) is 0 Å². The van der Waals surface area contributed by atoms with Gasteiger partial charge in [-0.05, 0) is 29.9 Å². The molecule has 0 radical (unpaired) electrons. The third-order valence-corrected chi connectivity index (χ3v) is 3.62. The second-order valence-electron chi connectivity index (χ2n) is 5.08. The highest BCUT2D eigenvalue weighted by Crippen LogP contribution is 2.37. The zero-order valence-electron chi connectivity index (χ0n) is 11.4. The van der Waals surface area contributed by atoms with E-state index in [1.165, 1.54) is 30.5 Å². The van der Waals surface area contributed by atoms with Gasteiger partial charge in [0.25, 0.3) is 0 Å². The van der Waals surface area contributed by atoms with Crippen LogP contribution < -0.4 is 4.90 Å².